The average Bonchev–Trinajstić information content (AvgIpc) is 3.37. The molecule has 2 unspecified atom stereocenters. The first-order valence-electron chi connectivity index (χ1n) is 10.2. The van der Waals surface area contributed by atoms with Crippen molar-refractivity contribution < 1.29 is 14.0 Å². The van der Waals surface area contributed by atoms with Crippen LogP contribution >= 0.6 is 0 Å². The molecule has 7 heteroatoms. The molecule has 0 spiro atoms. The standard InChI is InChI=1S/C23H30N4O3/c1-15(2)22(28)26-19(12-16-13-24-18-9-6-5-8-17(16)18)23(29)25-14-20(27(3)4)21-10-7-11-30-21/h5-11,13,15,19-20,24H,12,14H2,1-4H3,(H,25,29)(H,26,28). The molecule has 2 aromatic heterocycles. The highest BCUT2D eigenvalue weighted by atomic mass is 16.3. The number of hydrogen-bond acceptors (Lipinski definition) is 4. The Kier molecular flexibility index (Phi) is 6.95. The van der Waals surface area contributed by atoms with Gasteiger partial charge in [0, 0.05) is 36.0 Å². The third-order valence-electron chi connectivity index (χ3n) is 5.22. The molecule has 0 aliphatic rings. The van der Waals surface area contributed by atoms with Crippen molar-refractivity contribution in [3.8, 4) is 0 Å². The van der Waals surface area contributed by atoms with E-state index in [9.17, 15) is 9.59 Å². The van der Waals surface area contributed by atoms with Crippen LogP contribution in [0, 0.1) is 5.92 Å². The number of rotatable bonds is 9. The highest BCUT2D eigenvalue weighted by Crippen LogP contribution is 2.20. The van der Waals surface area contributed by atoms with E-state index in [-0.39, 0.29) is 23.8 Å². The molecule has 3 aromatic rings. The van der Waals surface area contributed by atoms with Crippen molar-refractivity contribution in [2.45, 2.75) is 32.4 Å². The number of H-pyrrole nitrogens is 1. The fourth-order valence-corrected chi connectivity index (χ4v) is 3.41. The minimum atomic E-state index is -0.668. The number of fused-ring (bicyclic) bond motifs is 1. The van der Waals surface area contributed by atoms with Crippen LogP contribution in [0.4, 0.5) is 0 Å². The van der Waals surface area contributed by atoms with E-state index in [0.29, 0.717) is 13.0 Å². The predicted molar refractivity (Wildman–Crippen MR) is 117 cm³/mol. The number of para-hydroxylation sites is 1. The Morgan fingerprint density at radius 1 is 1.10 bits per heavy atom. The van der Waals surface area contributed by atoms with Gasteiger partial charge in [-0.3, -0.25) is 14.5 Å². The van der Waals surface area contributed by atoms with Crippen molar-refractivity contribution in [2.75, 3.05) is 20.6 Å². The normalized spacial score (nSPS) is 13.5. The van der Waals surface area contributed by atoms with Gasteiger partial charge in [0.05, 0.1) is 12.3 Å². The number of likely N-dealkylation sites (N-methyl/N-ethyl adjacent to an activating group) is 1. The van der Waals surface area contributed by atoms with Crippen LogP contribution in [0.2, 0.25) is 0 Å². The second-order valence-electron chi connectivity index (χ2n) is 8.02. The summed E-state index contributed by atoms with van der Waals surface area (Å²) >= 11 is 0. The molecule has 0 radical (unpaired) electrons. The van der Waals surface area contributed by atoms with Crippen LogP contribution in [0.3, 0.4) is 0 Å². The third kappa shape index (κ3) is 5.10. The molecule has 0 bridgehead atoms. The number of nitrogens with zero attached hydrogens (tertiary/aromatic N) is 1. The Labute approximate surface area is 176 Å². The van der Waals surface area contributed by atoms with Crippen molar-refractivity contribution >= 4 is 22.7 Å². The Morgan fingerprint density at radius 3 is 2.53 bits per heavy atom. The summed E-state index contributed by atoms with van der Waals surface area (Å²) in [7, 11) is 3.87. The van der Waals surface area contributed by atoms with Gasteiger partial charge in [0.1, 0.15) is 11.8 Å². The van der Waals surface area contributed by atoms with Crippen molar-refractivity contribution in [3.63, 3.8) is 0 Å². The van der Waals surface area contributed by atoms with E-state index in [4.69, 9.17) is 4.42 Å². The fraction of sp³-hybridized carbons (Fsp3) is 0.391. The van der Waals surface area contributed by atoms with E-state index in [2.05, 4.69) is 15.6 Å². The molecule has 2 amide bonds. The van der Waals surface area contributed by atoms with E-state index in [1.807, 2.05) is 75.4 Å². The summed E-state index contributed by atoms with van der Waals surface area (Å²) in [6.07, 6.45) is 3.93. The highest BCUT2D eigenvalue weighted by Gasteiger charge is 2.25. The number of benzene rings is 1. The van der Waals surface area contributed by atoms with E-state index in [1.165, 1.54) is 0 Å². The molecule has 0 saturated carbocycles. The van der Waals surface area contributed by atoms with Crippen LogP contribution in [0.15, 0.2) is 53.3 Å². The van der Waals surface area contributed by atoms with Gasteiger partial charge in [-0.15, -0.1) is 0 Å². The minimum Gasteiger partial charge on any atom is -0.468 e. The van der Waals surface area contributed by atoms with Gasteiger partial charge in [-0.2, -0.15) is 0 Å². The molecule has 0 aliphatic heterocycles. The summed E-state index contributed by atoms with van der Waals surface area (Å²) in [5, 5.41) is 6.95. The van der Waals surface area contributed by atoms with Gasteiger partial charge in [0.25, 0.3) is 0 Å². The number of carbonyl (C=O) groups is 2. The number of hydrogen-bond donors (Lipinski definition) is 3. The quantitative estimate of drug-likeness (QED) is 0.506. The van der Waals surface area contributed by atoms with Crippen LogP contribution in [0.1, 0.15) is 31.2 Å². The lowest BCUT2D eigenvalue weighted by atomic mass is 10.0. The number of aromatic amines is 1. The summed E-state index contributed by atoms with van der Waals surface area (Å²) in [6.45, 7) is 4.01. The molecular formula is C23H30N4O3. The van der Waals surface area contributed by atoms with Crippen molar-refractivity contribution in [1.29, 1.82) is 0 Å². The van der Waals surface area contributed by atoms with E-state index < -0.39 is 6.04 Å². The fourth-order valence-electron chi connectivity index (χ4n) is 3.41. The summed E-state index contributed by atoms with van der Waals surface area (Å²) in [6, 6.07) is 10.9. The van der Waals surface area contributed by atoms with Gasteiger partial charge in [-0.25, -0.2) is 0 Å². The first kappa shape index (κ1) is 21.6. The van der Waals surface area contributed by atoms with Crippen LogP contribution in [0.5, 0.6) is 0 Å². The molecule has 3 N–H and O–H groups in total. The van der Waals surface area contributed by atoms with Gasteiger partial charge < -0.3 is 20.0 Å². The Morgan fingerprint density at radius 2 is 1.87 bits per heavy atom. The van der Waals surface area contributed by atoms with Crippen LogP contribution in [0.25, 0.3) is 10.9 Å². The molecule has 3 rings (SSSR count). The lowest BCUT2D eigenvalue weighted by molar-refractivity contribution is -0.130. The Hall–Kier alpha value is -3.06. The van der Waals surface area contributed by atoms with Gasteiger partial charge in [0.2, 0.25) is 11.8 Å². The molecule has 1 aromatic carbocycles. The van der Waals surface area contributed by atoms with Gasteiger partial charge in [0.15, 0.2) is 0 Å². The molecule has 0 saturated heterocycles. The maximum absolute atomic E-state index is 13.1. The molecule has 160 valence electrons. The van der Waals surface area contributed by atoms with Crippen molar-refractivity contribution in [2.24, 2.45) is 5.92 Å². The van der Waals surface area contributed by atoms with Crippen LogP contribution in [-0.2, 0) is 16.0 Å². The molecule has 30 heavy (non-hydrogen) atoms. The topological polar surface area (TPSA) is 90.4 Å². The molecular weight excluding hydrogens is 380 g/mol. The Balaban J connectivity index is 1.75. The summed E-state index contributed by atoms with van der Waals surface area (Å²) in [4.78, 5) is 30.7. The first-order valence-corrected chi connectivity index (χ1v) is 10.2. The monoisotopic (exact) mass is 410 g/mol. The Bertz CT molecular complexity index is 975. The summed E-state index contributed by atoms with van der Waals surface area (Å²) in [5.41, 5.74) is 2.00. The number of amides is 2. The molecule has 2 heterocycles. The van der Waals surface area contributed by atoms with Gasteiger partial charge in [-0.05, 0) is 37.9 Å². The average molecular weight is 411 g/mol. The SMILES string of the molecule is CC(C)C(=O)NC(Cc1c[nH]c2ccccc12)C(=O)NCC(c1ccco1)N(C)C. The highest BCUT2D eigenvalue weighted by molar-refractivity contribution is 5.90. The van der Waals surface area contributed by atoms with E-state index in [0.717, 1.165) is 22.2 Å². The van der Waals surface area contributed by atoms with Crippen LogP contribution in [-0.4, -0.2) is 48.4 Å². The summed E-state index contributed by atoms with van der Waals surface area (Å²) in [5.74, 6) is 0.207. The van der Waals surface area contributed by atoms with Gasteiger partial charge in [-0.1, -0.05) is 32.0 Å². The van der Waals surface area contributed by atoms with E-state index >= 15 is 0 Å². The molecule has 2 atom stereocenters. The largest absolute Gasteiger partial charge is 0.468 e. The predicted octanol–water partition coefficient (Wildman–Crippen LogP) is 2.86. The lowest BCUT2D eigenvalue weighted by Crippen LogP contribution is -2.50. The number of nitrogens with one attached hydrogen (secondary N) is 3. The minimum absolute atomic E-state index is 0.0986. The second-order valence-corrected chi connectivity index (χ2v) is 8.02. The smallest absolute Gasteiger partial charge is 0.242 e. The maximum atomic E-state index is 13.1. The van der Waals surface area contributed by atoms with Crippen LogP contribution < -0.4 is 10.6 Å². The molecule has 0 aliphatic carbocycles. The van der Waals surface area contributed by atoms with Crippen molar-refractivity contribution in [3.05, 3.63) is 60.2 Å². The maximum Gasteiger partial charge on any atom is 0.242 e. The lowest BCUT2D eigenvalue weighted by Gasteiger charge is -2.25. The second kappa shape index (κ2) is 9.63. The number of aromatic nitrogens is 1. The number of carbonyl (C=O) groups excluding carboxylic acids is 2. The zero-order chi connectivity index (χ0) is 21.7. The first-order chi connectivity index (χ1) is 14.4. The third-order valence-corrected chi connectivity index (χ3v) is 5.22. The van der Waals surface area contributed by atoms with Crippen molar-refractivity contribution in [1.82, 2.24) is 20.5 Å². The van der Waals surface area contributed by atoms with Gasteiger partial charge >= 0.3 is 0 Å². The van der Waals surface area contributed by atoms with E-state index in [1.54, 1.807) is 6.26 Å². The summed E-state index contributed by atoms with van der Waals surface area (Å²) < 4.78 is 5.51. The number of furan rings is 1. The zero-order valence-corrected chi connectivity index (χ0v) is 17.9. The molecule has 0 fully saturated rings. The zero-order valence-electron chi connectivity index (χ0n) is 17.9. The molecule has 7 nitrogen and oxygen atoms in total.